The third-order valence-electron chi connectivity index (χ3n) is 8.87. The van der Waals surface area contributed by atoms with Crippen LogP contribution in [0.5, 0.6) is 5.75 Å². The van der Waals surface area contributed by atoms with Crippen molar-refractivity contribution in [2.24, 2.45) is 17.6 Å². The fourth-order valence-corrected chi connectivity index (χ4v) is 7.16. The molecule has 2 aliphatic rings. The van der Waals surface area contributed by atoms with E-state index < -0.39 is 6.04 Å². The van der Waals surface area contributed by atoms with Crippen LogP contribution in [0.25, 0.3) is 0 Å². The van der Waals surface area contributed by atoms with Gasteiger partial charge in [-0.05, 0) is 85.7 Å². The van der Waals surface area contributed by atoms with Gasteiger partial charge in [-0.15, -0.1) is 11.3 Å². The predicted octanol–water partition coefficient (Wildman–Crippen LogP) is 4.61. The Morgan fingerprint density at radius 3 is 2.58 bits per heavy atom. The first-order valence-electron chi connectivity index (χ1n) is 15.3. The highest BCUT2D eigenvalue weighted by Gasteiger charge is 2.43. The Morgan fingerprint density at radius 2 is 1.84 bits per heavy atom. The van der Waals surface area contributed by atoms with Crippen LogP contribution in [0.1, 0.15) is 57.7 Å². The maximum Gasteiger partial charge on any atom is 0.264 e. The van der Waals surface area contributed by atoms with Crippen molar-refractivity contribution in [3.05, 3.63) is 88.1 Å². The van der Waals surface area contributed by atoms with Crippen LogP contribution in [-0.4, -0.2) is 72.9 Å². The van der Waals surface area contributed by atoms with Crippen LogP contribution in [0.3, 0.4) is 0 Å². The second-order valence-corrected chi connectivity index (χ2v) is 12.6. The number of benzene rings is 2. The van der Waals surface area contributed by atoms with E-state index >= 15 is 0 Å². The number of methoxy groups -OCH3 is 1. The molecule has 0 spiro atoms. The highest BCUT2D eigenvalue weighted by atomic mass is 32.1. The van der Waals surface area contributed by atoms with Gasteiger partial charge in [-0.1, -0.05) is 48.9 Å². The lowest BCUT2D eigenvalue weighted by molar-refractivity contribution is -0.125. The predicted molar refractivity (Wildman–Crippen MR) is 169 cm³/mol. The first-order valence-corrected chi connectivity index (χ1v) is 16.2. The van der Waals surface area contributed by atoms with Crippen molar-refractivity contribution in [3.8, 4) is 5.75 Å². The molecule has 1 saturated carbocycles. The summed E-state index contributed by atoms with van der Waals surface area (Å²) in [5.74, 6) is 0.981. The minimum atomic E-state index is -0.687. The average Bonchev–Trinajstić information content (AvgIpc) is 3.75. The molecule has 4 unspecified atom stereocenters. The van der Waals surface area contributed by atoms with Crippen LogP contribution in [0.2, 0.25) is 0 Å². The fourth-order valence-electron chi connectivity index (χ4n) is 6.49. The van der Waals surface area contributed by atoms with Gasteiger partial charge >= 0.3 is 0 Å². The van der Waals surface area contributed by atoms with E-state index in [-0.39, 0.29) is 30.3 Å². The summed E-state index contributed by atoms with van der Waals surface area (Å²) in [5.41, 5.74) is 7.53. The van der Waals surface area contributed by atoms with Crippen molar-refractivity contribution in [3.63, 3.8) is 0 Å². The zero-order valence-corrected chi connectivity index (χ0v) is 25.6. The lowest BCUT2D eigenvalue weighted by atomic mass is 9.81. The molecular weight excluding hydrogens is 560 g/mol. The molecule has 5 rings (SSSR count). The number of carbonyl (C=O) groups excluding carboxylic acids is 3. The van der Waals surface area contributed by atoms with Crippen molar-refractivity contribution in [2.75, 3.05) is 33.3 Å². The van der Waals surface area contributed by atoms with Crippen LogP contribution >= 0.6 is 11.3 Å². The molecule has 2 heterocycles. The Morgan fingerprint density at radius 1 is 1.02 bits per heavy atom. The van der Waals surface area contributed by atoms with E-state index in [0.29, 0.717) is 60.5 Å². The lowest BCUT2D eigenvalue weighted by Gasteiger charge is -2.29. The number of thiophene rings is 1. The summed E-state index contributed by atoms with van der Waals surface area (Å²) in [6.45, 7) is 2.01. The second-order valence-electron chi connectivity index (χ2n) is 11.7. The molecule has 1 saturated heterocycles. The second kappa shape index (κ2) is 14.7. The van der Waals surface area contributed by atoms with Crippen molar-refractivity contribution < 1.29 is 19.1 Å². The van der Waals surface area contributed by atoms with Crippen LogP contribution in [-0.2, 0) is 11.2 Å². The summed E-state index contributed by atoms with van der Waals surface area (Å²) < 4.78 is 5.36. The molecule has 228 valence electrons. The number of amides is 3. The fraction of sp³-hybridized carbons (Fsp3) is 0.441. The summed E-state index contributed by atoms with van der Waals surface area (Å²) in [5, 5.41) is 5.07. The van der Waals surface area contributed by atoms with Gasteiger partial charge in [0.15, 0.2) is 0 Å². The molecule has 9 heteroatoms. The molecule has 8 nitrogen and oxygen atoms in total. The zero-order valence-electron chi connectivity index (χ0n) is 24.8. The Labute approximate surface area is 258 Å². The average molecular weight is 603 g/mol. The third kappa shape index (κ3) is 7.64. The molecule has 3 N–H and O–H groups in total. The van der Waals surface area contributed by atoms with Gasteiger partial charge < -0.3 is 25.6 Å². The Balaban J connectivity index is 1.38. The van der Waals surface area contributed by atoms with Gasteiger partial charge in [-0.2, -0.15) is 0 Å². The van der Waals surface area contributed by atoms with E-state index in [9.17, 15) is 14.4 Å². The van der Waals surface area contributed by atoms with Crippen LogP contribution in [0.4, 0.5) is 0 Å². The number of hydrogen-bond acceptors (Lipinski definition) is 6. The van der Waals surface area contributed by atoms with Crippen LogP contribution in [0.15, 0.2) is 72.1 Å². The maximum absolute atomic E-state index is 13.9. The molecule has 1 aliphatic carbocycles. The topological polar surface area (TPSA) is 105 Å². The highest BCUT2D eigenvalue weighted by Crippen LogP contribution is 2.30. The normalized spacial score (nSPS) is 21.8. The van der Waals surface area contributed by atoms with Crippen molar-refractivity contribution in [1.29, 1.82) is 0 Å². The summed E-state index contributed by atoms with van der Waals surface area (Å²) in [4.78, 5) is 45.7. The minimum Gasteiger partial charge on any atom is -0.497 e. The summed E-state index contributed by atoms with van der Waals surface area (Å²) >= 11 is 1.41. The van der Waals surface area contributed by atoms with Gasteiger partial charge in [0.05, 0.1) is 18.0 Å². The molecule has 2 aromatic carbocycles. The molecule has 43 heavy (non-hydrogen) atoms. The van der Waals surface area contributed by atoms with Crippen molar-refractivity contribution >= 4 is 29.1 Å². The lowest BCUT2D eigenvalue weighted by Crippen LogP contribution is -2.47. The monoisotopic (exact) mass is 602 g/mol. The summed E-state index contributed by atoms with van der Waals surface area (Å²) in [6, 6.07) is 19.8. The molecule has 2 fully saturated rings. The van der Waals surface area contributed by atoms with Gasteiger partial charge in [-0.25, -0.2) is 0 Å². The standard InChI is InChI=1S/C34H42N4O4S/c1-42-29-13-6-12-27(19-29)33(40)38-23-28(20-30(38)32(39)36-22-26-11-5-10-25(18-26)21-35)37(34(41)31-14-7-17-43-31)16-15-24-8-3-2-4-9-24/h2-4,6-9,12-14,17,19,25-26,28,30H,5,10-11,15-16,18,20-23,35H2,1H3,(H,36,39). The van der Waals surface area contributed by atoms with E-state index in [1.54, 1.807) is 36.3 Å². The SMILES string of the molecule is COc1cccc(C(=O)N2CC(N(CCc3ccccc3)C(=O)c3cccs3)CC2C(=O)NCC2CCCC(CN)C2)c1. The minimum absolute atomic E-state index is 0.0687. The van der Waals surface area contributed by atoms with Crippen molar-refractivity contribution in [1.82, 2.24) is 15.1 Å². The van der Waals surface area contributed by atoms with Gasteiger partial charge in [0.25, 0.3) is 11.8 Å². The highest BCUT2D eigenvalue weighted by molar-refractivity contribution is 7.12. The van der Waals surface area contributed by atoms with Gasteiger partial charge in [0, 0.05) is 25.2 Å². The van der Waals surface area contributed by atoms with Crippen LogP contribution in [0, 0.1) is 11.8 Å². The number of hydrogen-bond donors (Lipinski definition) is 2. The Hall–Kier alpha value is -3.69. The zero-order chi connectivity index (χ0) is 30.2. The van der Waals surface area contributed by atoms with E-state index in [1.165, 1.54) is 11.3 Å². The number of rotatable bonds is 11. The van der Waals surface area contributed by atoms with E-state index in [4.69, 9.17) is 10.5 Å². The Bertz CT molecular complexity index is 1370. The number of nitrogens with two attached hydrogens (primary N) is 1. The first-order chi connectivity index (χ1) is 21.0. The number of nitrogens with one attached hydrogen (secondary N) is 1. The Kier molecular flexibility index (Phi) is 10.5. The first kappa shape index (κ1) is 30.8. The summed E-state index contributed by atoms with van der Waals surface area (Å²) in [6.07, 6.45) is 5.40. The maximum atomic E-state index is 13.9. The molecule has 4 atom stereocenters. The molecule has 0 bridgehead atoms. The number of carbonyl (C=O) groups is 3. The number of nitrogens with zero attached hydrogens (tertiary/aromatic N) is 2. The largest absolute Gasteiger partial charge is 0.497 e. The number of ether oxygens (including phenoxy) is 1. The molecule has 1 aliphatic heterocycles. The van der Waals surface area contributed by atoms with Gasteiger partial charge in [-0.3, -0.25) is 14.4 Å². The smallest absolute Gasteiger partial charge is 0.264 e. The molecule has 3 amide bonds. The quantitative estimate of drug-likeness (QED) is 0.334. The van der Waals surface area contributed by atoms with Crippen molar-refractivity contribution in [2.45, 2.75) is 50.6 Å². The van der Waals surface area contributed by atoms with Crippen LogP contribution < -0.4 is 15.8 Å². The van der Waals surface area contributed by atoms with E-state index in [1.807, 2.05) is 40.6 Å². The molecule has 3 aromatic rings. The van der Waals surface area contributed by atoms with Gasteiger partial charge in [0.1, 0.15) is 11.8 Å². The van der Waals surface area contributed by atoms with E-state index in [2.05, 4.69) is 17.4 Å². The van der Waals surface area contributed by atoms with Gasteiger partial charge in [0.2, 0.25) is 5.91 Å². The number of likely N-dealkylation sites (tertiary alicyclic amines) is 1. The molecule has 0 radical (unpaired) electrons. The van der Waals surface area contributed by atoms with E-state index in [0.717, 1.165) is 31.2 Å². The third-order valence-corrected chi connectivity index (χ3v) is 9.72. The molecular formula is C34H42N4O4S. The molecule has 1 aromatic heterocycles. The summed E-state index contributed by atoms with van der Waals surface area (Å²) in [7, 11) is 1.56.